The number of amides is 1. The maximum absolute atomic E-state index is 12.9. The third-order valence-corrected chi connectivity index (χ3v) is 4.60. The Kier molecular flexibility index (Phi) is 4.29. The maximum atomic E-state index is 12.9. The number of ether oxygens (including phenoxy) is 1. The molecule has 0 spiro atoms. The van der Waals surface area contributed by atoms with E-state index in [1.807, 2.05) is 17.9 Å². The minimum atomic E-state index is -0.339. The van der Waals surface area contributed by atoms with E-state index in [0.29, 0.717) is 26.3 Å². The molecule has 0 bridgehead atoms. The number of anilines is 1. The number of morpholine rings is 1. The highest BCUT2D eigenvalue weighted by Crippen LogP contribution is 2.33. The second kappa shape index (κ2) is 6.20. The van der Waals surface area contributed by atoms with Crippen molar-refractivity contribution in [2.24, 2.45) is 5.41 Å². The van der Waals surface area contributed by atoms with Crippen LogP contribution in [0.2, 0.25) is 0 Å². The van der Waals surface area contributed by atoms with Crippen molar-refractivity contribution < 1.29 is 9.53 Å². The molecule has 6 nitrogen and oxygen atoms in total. The number of carbonyl (C=O) groups excluding carboxylic acids is 1. The van der Waals surface area contributed by atoms with Gasteiger partial charge in [0.1, 0.15) is 11.6 Å². The molecule has 1 amide bonds. The summed E-state index contributed by atoms with van der Waals surface area (Å²) in [6.45, 7) is 8.37. The molecular formula is C16H24N4O2. The fourth-order valence-electron chi connectivity index (χ4n) is 3.38. The lowest BCUT2D eigenvalue weighted by atomic mass is 9.80. The summed E-state index contributed by atoms with van der Waals surface area (Å²) in [6.07, 6.45) is 3.73. The molecule has 6 heteroatoms. The molecule has 2 aliphatic heterocycles. The molecule has 2 saturated heterocycles. The molecular weight excluding hydrogens is 280 g/mol. The van der Waals surface area contributed by atoms with E-state index in [4.69, 9.17) is 4.74 Å². The van der Waals surface area contributed by atoms with Crippen LogP contribution in [0.25, 0.3) is 0 Å². The van der Waals surface area contributed by atoms with Gasteiger partial charge in [-0.25, -0.2) is 9.97 Å². The summed E-state index contributed by atoms with van der Waals surface area (Å²) in [5.41, 5.74) is -0.339. The third-order valence-electron chi connectivity index (χ3n) is 4.60. The summed E-state index contributed by atoms with van der Waals surface area (Å²) in [7, 11) is 0. The van der Waals surface area contributed by atoms with E-state index < -0.39 is 0 Å². The first-order valence-corrected chi connectivity index (χ1v) is 8.00. The van der Waals surface area contributed by atoms with Crippen LogP contribution in [0.5, 0.6) is 0 Å². The van der Waals surface area contributed by atoms with Crippen molar-refractivity contribution in [3.63, 3.8) is 0 Å². The molecule has 1 atom stereocenters. The normalized spacial score (nSPS) is 26.1. The number of rotatable bonds is 2. The van der Waals surface area contributed by atoms with Gasteiger partial charge in [0.25, 0.3) is 0 Å². The first-order chi connectivity index (χ1) is 10.6. The zero-order chi connectivity index (χ0) is 15.6. The number of hydrogen-bond acceptors (Lipinski definition) is 5. The van der Waals surface area contributed by atoms with Gasteiger partial charge in [-0.2, -0.15) is 0 Å². The first-order valence-electron chi connectivity index (χ1n) is 8.00. The van der Waals surface area contributed by atoms with Gasteiger partial charge < -0.3 is 14.5 Å². The Morgan fingerprint density at radius 1 is 1.32 bits per heavy atom. The van der Waals surface area contributed by atoms with Gasteiger partial charge in [0, 0.05) is 32.4 Å². The molecule has 0 aliphatic carbocycles. The Hall–Kier alpha value is -1.69. The second-order valence-electron chi connectivity index (χ2n) is 6.45. The lowest BCUT2D eigenvalue weighted by Gasteiger charge is -2.43. The minimum Gasteiger partial charge on any atom is -0.378 e. The summed E-state index contributed by atoms with van der Waals surface area (Å²) >= 11 is 0. The van der Waals surface area contributed by atoms with Crippen LogP contribution in [-0.2, 0) is 9.53 Å². The van der Waals surface area contributed by atoms with Crippen LogP contribution in [0.3, 0.4) is 0 Å². The average Bonchev–Trinajstić information content (AvgIpc) is 2.55. The summed E-state index contributed by atoms with van der Waals surface area (Å²) in [6, 6.07) is 1.93. The zero-order valence-electron chi connectivity index (χ0n) is 13.4. The predicted molar refractivity (Wildman–Crippen MR) is 83.7 cm³/mol. The maximum Gasteiger partial charge on any atom is 0.230 e. The molecule has 0 unspecified atom stereocenters. The van der Waals surface area contributed by atoms with Gasteiger partial charge in [0.2, 0.25) is 5.91 Å². The molecule has 1 aromatic heterocycles. The molecule has 1 aromatic rings. The quantitative estimate of drug-likeness (QED) is 0.823. The fraction of sp³-hybridized carbons (Fsp3) is 0.688. The van der Waals surface area contributed by atoms with Crippen molar-refractivity contribution in [2.75, 3.05) is 44.3 Å². The van der Waals surface area contributed by atoms with Gasteiger partial charge in [-0.3, -0.25) is 4.79 Å². The molecule has 3 rings (SSSR count). The van der Waals surface area contributed by atoms with Crippen LogP contribution >= 0.6 is 0 Å². The van der Waals surface area contributed by atoms with Crippen molar-refractivity contribution in [3.05, 3.63) is 18.1 Å². The fourth-order valence-corrected chi connectivity index (χ4v) is 3.38. The minimum absolute atomic E-state index is 0.256. The molecule has 0 saturated carbocycles. The number of nitrogens with zero attached hydrogens (tertiary/aromatic N) is 4. The Labute approximate surface area is 131 Å². The van der Waals surface area contributed by atoms with Crippen LogP contribution in [0.15, 0.2) is 12.3 Å². The van der Waals surface area contributed by atoms with Gasteiger partial charge >= 0.3 is 0 Å². The van der Waals surface area contributed by atoms with E-state index in [-0.39, 0.29) is 11.3 Å². The van der Waals surface area contributed by atoms with Gasteiger partial charge in [-0.05, 0) is 32.8 Å². The Bertz CT molecular complexity index is 545. The average molecular weight is 304 g/mol. The van der Waals surface area contributed by atoms with E-state index >= 15 is 0 Å². The Morgan fingerprint density at radius 3 is 2.82 bits per heavy atom. The van der Waals surface area contributed by atoms with Crippen LogP contribution in [0.4, 0.5) is 5.82 Å². The van der Waals surface area contributed by atoms with E-state index in [1.54, 1.807) is 6.20 Å². The first kappa shape index (κ1) is 15.2. The summed E-state index contributed by atoms with van der Waals surface area (Å²) in [4.78, 5) is 25.8. The number of piperidine rings is 1. The highest BCUT2D eigenvalue weighted by Gasteiger charge is 2.41. The lowest BCUT2D eigenvalue weighted by molar-refractivity contribution is -0.145. The molecule has 0 N–H and O–H groups in total. The van der Waals surface area contributed by atoms with Gasteiger partial charge in [0.05, 0.1) is 18.6 Å². The van der Waals surface area contributed by atoms with Crippen molar-refractivity contribution in [3.8, 4) is 0 Å². The predicted octanol–water partition coefficient (Wildman–Crippen LogP) is 1.25. The van der Waals surface area contributed by atoms with E-state index in [0.717, 1.165) is 37.6 Å². The number of aromatic nitrogens is 2. The summed E-state index contributed by atoms with van der Waals surface area (Å²) in [5, 5.41) is 0. The zero-order valence-corrected chi connectivity index (χ0v) is 13.4. The number of carbonyl (C=O) groups is 1. The lowest BCUT2D eigenvalue weighted by Crippen LogP contribution is -2.54. The van der Waals surface area contributed by atoms with Crippen molar-refractivity contribution in [2.45, 2.75) is 26.7 Å². The van der Waals surface area contributed by atoms with Crippen molar-refractivity contribution in [1.29, 1.82) is 0 Å². The smallest absolute Gasteiger partial charge is 0.230 e. The van der Waals surface area contributed by atoms with Gasteiger partial charge in [-0.1, -0.05) is 0 Å². The molecule has 120 valence electrons. The summed E-state index contributed by atoms with van der Waals surface area (Å²) in [5.74, 6) is 1.95. The molecule has 2 fully saturated rings. The largest absolute Gasteiger partial charge is 0.378 e. The standard InChI is InChI=1S/C16H24N4O2/c1-13-17-6-4-14(18-13)20-7-3-5-16(2,12-20)15(21)19-8-10-22-11-9-19/h4,6H,3,5,7-12H2,1-2H3/t16-/m1/s1. The van der Waals surface area contributed by atoms with Gasteiger partial charge in [-0.15, -0.1) is 0 Å². The molecule has 0 aromatic carbocycles. The number of hydrogen-bond donors (Lipinski definition) is 0. The highest BCUT2D eigenvalue weighted by atomic mass is 16.5. The SMILES string of the molecule is Cc1nccc(N2CCC[C@@](C)(C(=O)N3CCOCC3)C2)n1. The van der Waals surface area contributed by atoms with Crippen molar-refractivity contribution >= 4 is 11.7 Å². The third kappa shape index (κ3) is 3.06. The second-order valence-corrected chi connectivity index (χ2v) is 6.45. The number of aryl methyl sites for hydroxylation is 1. The monoisotopic (exact) mass is 304 g/mol. The molecule has 0 radical (unpaired) electrons. The van der Waals surface area contributed by atoms with E-state index in [9.17, 15) is 4.79 Å². The van der Waals surface area contributed by atoms with E-state index in [1.165, 1.54) is 0 Å². The highest BCUT2D eigenvalue weighted by molar-refractivity contribution is 5.83. The van der Waals surface area contributed by atoms with Crippen molar-refractivity contribution in [1.82, 2.24) is 14.9 Å². The van der Waals surface area contributed by atoms with Crippen LogP contribution in [0.1, 0.15) is 25.6 Å². The van der Waals surface area contributed by atoms with Gasteiger partial charge in [0.15, 0.2) is 0 Å². The van der Waals surface area contributed by atoms with Crippen LogP contribution in [-0.4, -0.2) is 60.2 Å². The molecule has 3 heterocycles. The van der Waals surface area contributed by atoms with Crippen LogP contribution < -0.4 is 4.90 Å². The molecule has 22 heavy (non-hydrogen) atoms. The van der Waals surface area contributed by atoms with Crippen LogP contribution in [0, 0.1) is 12.3 Å². The topological polar surface area (TPSA) is 58.6 Å². The Morgan fingerprint density at radius 2 is 2.09 bits per heavy atom. The summed E-state index contributed by atoms with van der Waals surface area (Å²) < 4.78 is 5.35. The Balaban J connectivity index is 1.74. The van der Waals surface area contributed by atoms with E-state index in [2.05, 4.69) is 21.8 Å². The molecule has 2 aliphatic rings.